The second-order valence-corrected chi connectivity index (χ2v) is 7.88. The summed E-state index contributed by atoms with van der Waals surface area (Å²) >= 11 is 0. The summed E-state index contributed by atoms with van der Waals surface area (Å²) in [5.74, 6) is -0.0384. The number of unbranched alkanes of at least 4 members (excludes halogenated alkanes) is 5. The molecule has 1 rings (SSSR count). The summed E-state index contributed by atoms with van der Waals surface area (Å²) in [5.41, 5.74) is -0.895. The monoisotopic (exact) mass is 550 g/mol. The van der Waals surface area contributed by atoms with Gasteiger partial charge in [-0.3, -0.25) is 9.59 Å². The zero-order chi connectivity index (χ0) is 18.9. The number of esters is 1. The van der Waals surface area contributed by atoms with Gasteiger partial charge in [0.05, 0.1) is 20.3 Å². The minimum atomic E-state index is -0.447. The Hall–Kier alpha value is -0.491. The molecule has 6 nitrogen and oxygen atoms in total. The number of rotatable bonds is 11. The van der Waals surface area contributed by atoms with Crippen LogP contribution in [-0.2, 0) is 34.4 Å². The fraction of sp³-hybridized carbons (Fsp3) is 0.895. The van der Waals surface area contributed by atoms with Crippen LogP contribution in [0.2, 0.25) is 0 Å². The van der Waals surface area contributed by atoms with E-state index in [1.807, 2.05) is 13.8 Å². The summed E-state index contributed by atoms with van der Waals surface area (Å²) < 4.78 is 4.60. The van der Waals surface area contributed by atoms with E-state index in [4.69, 9.17) is 0 Å². The molecule has 1 amide bonds. The molecule has 0 aliphatic carbocycles. The molecule has 155 valence electrons. The van der Waals surface area contributed by atoms with Crippen molar-refractivity contribution in [3.8, 4) is 0 Å². The normalized spacial score (nSPS) is 25.0. The van der Waals surface area contributed by atoms with E-state index in [9.17, 15) is 19.8 Å². The number of amides is 1. The van der Waals surface area contributed by atoms with Crippen LogP contribution in [0.15, 0.2) is 0 Å². The summed E-state index contributed by atoms with van der Waals surface area (Å²) in [6, 6.07) is 0. The number of methoxy groups -OCH3 is 1. The van der Waals surface area contributed by atoms with E-state index in [1.54, 1.807) is 4.90 Å². The molecule has 0 aromatic rings. The molecule has 0 saturated carbocycles. The molecule has 1 aliphatic heterocycles. The first-order valence-electron chi connectivity index (χ1n) is 9.38. The van der Waals surface area contributed by atoms with Crippen LogP contribution in [0, 0.1) is 10.8 Å². The van der Waals surface area contributed by atoms with Crippen molar-refractivity contribution in [2.24, 2.45) is 10.8 Å². The molecule has 1 heterocycles. The van der Waals surface area contributed by atoms with Gasteiger partial charge in [-0.2, -0.15) is 0 Å². The number of aliphatic hydroxyl groups excluding tert-OH is 2. The molecule has 2 atom stereocenters. The van der Waals surface area contributed by atoms with Crippen molar-refractivity contribution >= 4 is 11.9 Å². The van der Waals surface area contributed by atoms with Crippen LogP contribution in [0.3, 0.4) is 0 Å². The van der Waals surface area contributed by atoms with Crippen molar-refractivity contribution in [3.05, 3.63) is 0 Å². The van der Waals surface area contributed by atoms with Crippen molar-refractivity contribution in [2.45, 2.75) is 65.2 Å². The number of carbonyl (C=O) groups excluding carboxylic acids is 2. The van der Waals surface area contributed by atoms with Crippen LogP contribution >= 0.6 is 0 Å². The Morgan fingerprint density at radius 3 is 1.73 bits per heavy atom. The summed E-state index contributed by atoms with van der Waals surface area (Å²) in [5, 5.41) is 19.4. The van der Waals surface area contributed by atoms with Gasteiger partial charge in [-0.25, -0.2) is 0 Å². The zero-order valence-corrected chi connectivity index (χ0v) is 18.8. The van der Waals surface area contributed by atoms with E-state index in [1.165, 1.54) is 7.11 Å². The molecular weight excluding hydrogens is 514 g/mol. The van der Waals surface area contributed by atoms with E-state index in [0.717, 1.165) is 38.5 Å². The summed E-state index contributed by atoms with van der Waals surface area (Å²) in [6.45, 7) is 4.83. The first kappa shape index (κ1) is 25.5. The van der Waals surface area contributed by atoms with Crippen LogP contribution in [-0.4, -0.2) is 60.4 Å². The van der Waals surface area contributed by atoms with E-state index in [-0.39, 0.29) is 45.2 Å². The van der Waals surface area contributed by atoms with E-state index < -0.39 is 10.8 Å². The third-order valence-electron chi connectivity index (χ3n) is 5.84. The topological polar surface area (TPSA) is 87.1 Å². The maximum absolute atomic E-state index is 12.4. The molecule has 0 aromatic heterocycles. The standard InChI is InChI=1S/C19H35NO5.Ir/c1-18(14-21)12-20(13-19(18,2)15-22)16(23)10-8-6-4-5-7-9-11-17(24)25-3;/h21-22H,4-15H2,1-3H3;. The van der Waals surface area contributed by atoms with Gasteiger partial charge in [0.25, 0.3) is 0 Å². The Bertz CT molecular complexity index is 430. The second-order valence-electron chi connectivity index (χ2n) is 7.88. The van der Waals surface area contributed by atoms with Gasteiger partial charge in [0.1, 0.15) is 0 Å². The van der Waals surface area contributed by atoms with Gasteiger partial charge in [-0.1, -0.05) is 39.5 Å². The molecule has 26 heavy (non-hydrogen) atoms. The van der Waals surface area contributed by atoms with Gasteiger partial charge in [0.15, 0.2) is 0 Å². The average molecular weight is 550 g/mol. The van der Waals surface area contributed by atoms with E-state index >= 15 is 0 Å². The van der Waals surface area contributed by atoms with Gasteiger partial charge < -0.3 is 19.8 Å². The number of hydrogen-bond donors (Lipinski definition) is 2. The molecule has 1 saturated heterocycles. The Morgan fingerprint density at radius 1 is 0.885 bits per heavy atom. The number of aliphatic hydroxyl groups is 2. The molecule has 2 N–H and O–H groups in total. The molecule has 1 radical (unpaired) electrons. The van der Waals surface area contributed by atoms with Crippen LogP contribution in [0.4, 0.5) is 0 Å². The fourth-order valence-electron chi connectivity index (χ4n) is 3.45. The summed E-state index contributed by atoms with van der Waals surface area (Å²) in [6.07, 6.45) is 6.88. The predicted molar refractivity (Wildman–Crippen MR) is 95.9 cm³/mol. The van der Waals surface area contributed by atoms with Crippen LogP contribution in [0.25, 0.3) is 0 Å². The molecule has 1 fully saturated rings. The van der Waals surface area contributed by atoms with Crippen molar-refractivity contribution in [2.75, 3.05) is 33.4 Å². The Morgan fingerprint density at radius 2 is 1.31 bits per heavy atom. The molecule has 1 aliphatic rings. The molecule has 7 heteroatoms. The molecular formula is C19H35IrNO5. The van der Waals surface area contributed by atoms with Crippen molar-refractivity contribution in [1.29, 1.82) is 0 Å². The van der Waals surface area contributed by atoms with Crippen molar-refractivity contribution < 1.29 is 44.6 Å². The maximum atomic E-state index is 12.4. The van der Waals surface area contributed by atoms with Crippen LogP contribution in [0.5, 0.6) is 0 Å². The minimum Gasteiger partial charge on any atom is -0.469 e. The van der Waals surface area contributed by atoms with Crippen molar-refractivity contribution in [3.63, 3.8) is 0 Å². The number of likely N-dealkylation sites (tertiary alicyclic amines) is 1. The zero-order valence-electron chi connectivity index (χ0n) is 16.4. The minimum absolute atomic E-state index is 0. The number of carbonyl (C=O) groups is 2. The third-order valence-corrected chi connectivity index (χ3v) is 5.84. The molecule has 0 bridgehead atoms. The third kappa shape index (κ3) is 6.91. The molecule has 0 spiro atoms. The smallest absolute Gasteiger partial charge is 0.305 e. The number of nitrogens with zero attached hydrogens (tertiary/aromatic N) is 1. The summed E-state index contributed by atoms with van der Waals surface area (Å²) in [7, 11) is 1.41. The Labute approximate surface area is 171 Å². The van der Waals surface area contributed by atoms with Gasteiger partial charge in [0.2, 0.25) is 5.91 Å². The van der Waals surface area contributed by atoms with Crippen LogP contribution < -0.4 is 0 Å². The fourth-order valence-corrected chi connectivity index (χ4v) is 3.45. The van der Waals surface area contributed by atoms with Crippen molar-refractivity contribution in [1.82, 2.24) is 4.90 Å². The van der Waals surface area contributed by atoms with Gasteiger partial charge in [0, 0.05) is 56.9 Å². The predicted octanol–water partition coefficient (Wildman–Crippen LogP) is 2.12. The number of ether oxygens (including phenoxy) is 1. The Balaban J connectivity index is 0.00000625. The SMILES string of the molecule is COC(=O)CCCCCCCCC(=O)N1CC(C)(CO)C(C)(CO)C1.[Ir]. The quantitative estimate of drug-likeness (QED) is 0.305. The largest absolute Gasteiger partial charge is 0.469 e. The van der Waals surface area contributed by atoms with E-state index in [0.29, 0.717) is 25.9 Å². The number of hydrogen-bond acceptors (Lipinski definition) is 5. The van der Waals surface area contributed by atoms with Gasteiger partial charge in [-0.05, 0) is 12.8 Å². The first-order chi connectivity index (χ1) is 11.8. The Kier molecular flexibility index (Phi) is 11.8. The van der Waals surface area contributed by atoms with E-state index in [2.05, 4.69) is 4.74 Å². The molecule has 0 aromatic carbocycles. The second kappa shape index (κ2) is 12.1. The van der Waals surface area contributed by atoms with Gasteiger partial charge in [-0.15, -0.1) is 0 Å². The molecule has 2 unspecified atom stereocenters. The summed E-state index contributed by atoms with van der Waals surface area (Å²) in [4.78, 5) is 25.2. The first-order valence-corrected chi connectivity index (χ1v) is 9.38. The maximum Gasteiger partial charge on any atom is 0.305 e. The van der Waals surface area contributed by atoms with Crippen LogP contribution in [0.1, 0.15) is 65.2 Å². The van der Waals surface area contributed by atoms with Gasteiger partial charge >= 0.3 is 5.97 Å². The average Bonchev–Trinajstić information content (AvgIpc) is 2.89.